The van der Waals surface area contributed by atoms with Gasteiger partial charge in [0.15, 0.2) is 0 Å². The van der Waals surface area contributed by atoms with Crippen LogP contribution in [0.25, 0.3) is 11.1 Å². The van der Waals surface area contributed by atoms with Crippen molar-refractivity contribution in [1.82, 2.24) is 0 Å². The number of benzene rings is 1. The van der Waals surface area contributed by atoms with E-state index in [-0.39, 0.29) is 0 Å². The fourth-order valence-electron chi connectivity index (χ4n) is 1.31. The van der Waals surface area contributed by atoms with Crippen LogP contribution >= 0.6 is 0 Å². The number of hydrogen-bond acceptors (Lipinski definition) is 2. The maximum absolute atomic E-state index is 5.55. The minimum atomic E-state index is 0.575. The van der Waals surface area contributed by atoms with Crippen molar-refractivity contribution in [3.8, 4) is 11.1 Å². The Morgan fingerprint density at radius 2 is 2.08 bits per heavy atom. The molecule has 0 aliphatic rings. The highest BCUT2D eigenvalue weighted by atomic mass is 16.3. The van der Waals surface area contributed by atoms with Crippen LogP contribution in [0.1, 0.15) is 5.56 Å². The molecule has 0 saturated carbocycles. The first kappa shape index (κ1) is 8.08. The summed E-state index contributed by atoms with van der Waals surface area (Å²) in [4.78, 5) is 0. The van der Waals surface area contributed by atoms with Gasteiger partial charge in [0.2, 0.25) is 0 Å². The van der Waals surface area contributed by atoms with Crippen LogP contribution in [0.15, 0.2) is 47.3 Å². The zero-order valence-corrected chi connectivity index (χ0v) is 7.23. The van der Waals surface area contributed by atoms with E-state index in [1.165, 1.54) is 0 Å². The average Bonchev–Trinajstić information content (AvgIpc) is 2.71. The van der Waals surface area contributed by atoms with Crippen LogP contribution < -0.4 is 5.73 Å². The third-order valence-corrected chi connectivity index (χ3v) is 2.02. The minimum absolute atomic E-state index is 0.575. The second kappa shape index (κ2) is 3.46. The van der Waals surface area contributed by atoms with Crippen LogP contribution in [0.5, 0.6) is 0 Å². The smallest absolute Gasteiger partial charge is 0.0980 e. The van der Waals surface area contributed by atoms with E-state index < -0.39 is 0 Å². The van der Waals surface area contributed by atoms with Crippen molar-refractivity contribution in [1.29, 1.82) is 0 Å². The first-order chi connectivity index (χ1) is 6.40. The molecule has 1 heterocycles. The van der Waals surface area contributed by atoms with E-state index in [9.17, 15) is 0 Å². The molecular formula is C11H11NO. The van der Waals surface area contributed by atoms with Gasteiger partial charge in [-0.2, -0.15) is 0 Å². The van der Waals surface area contributed by atoms with Crippen LogP contribution in [0.3, 0.4) is 0 Å². The van der Waals surface area contributed by atoms with Gasteiger partial charge in [-0.3, -0.25) is 0 Å². The summed E-state index contributed by atoms with van der Waals surface area (Å²) in [7, 11) is 0. The van der Waals surface area contributed by atoms with Crippen molar-refractivity contribution < 1.29 is 4.42 Å². The maximum Gasteiger partial charge on any atom is 0.0980 e. The van der Waals surface area contributed by atoms with Gasteiger partial charge in [-0.25, -0.2) is 0 Å². The Morgan fingerprint density at radius 3 is 2.77 bits per heavy atom. The third kappa shape index (κ3) is 1.63. The molecule has 0 aliphatic heterocycles. The van der Waals surface area contributed by atoms with Crippen molar-refractivity contribution in [3.63, 3.8) is 0 Å². The molecular weight excluding hydrogens is 162 g/mol. The molecule has 2 N–H and O–H groups in total. The van der Waals surface area contributed by atoms with Crippen molar-refractivity contribution in [2.45, 2.75) is 6.54 Å². The average molecular weight is 173 g/mol. The highest BCUT2D eigenvalue weighted by molar-refractivity contribution is 5.62. The molecule has 13 heavy (non-hydrogen) atoms. The predicted octanol–water partition coefficient (Wildman–Crippen LogP) is 2.41. The number of nitrogens with two attached hydrogens (primary N) is 1. The van der Waals surface area contributed by atoms with Crippen LogP contribution in [0.2, 0.25) is 0 Å². The lowest BCUT2D eigenvalue weighted by Crippen LogP contribution is -1.95. The van der Waals surface area contributed by atoms with Gasteiger partial charge in [0.25, 0.3) is 0 Å². The zero-order valence-electron chi connectivity index (χ0n) is 7.23. The summed E-state index contributed by atoms with van der Waals surface area (Å²) < 4.78 is 5.01. The molecule has 0 bridgehead atoms. The molecule has 0 saturated heterocycles. The molecule has 2 nitrogen and oxygen atoms in total. The van der Waals surface area contributed by atoms with Crippen molar-refractivity contribution in [3.05, 3.63) is 48.4 Å². The van der Waals surface area contributed by atoms with Gasteiger partial charge in [0.05, 0.1) is 12.5 Å². The summed E-state index contributed by atoms with van der Waals surface area (Å²) in [6.45, 7) is 0.575. The molecule has 66 valence electrons. The van der Waals surface area contributed by atoms with Gasteiger partial charge in [-0.15, -0.1) is 0 Å². The lowest BCUT2D eigenvalue weighted by molar-refractivity contribution is 0.568. The standard InChI is InChI=1S/C11H11NO/c12-7-9-2-1-3-10(6-9)11-4-5-13-8-11/h1-6,8H,7,12H2. The number of hydrogen-bond donors (Lipinski definition) is 1. The summed E-state index contributed by atoms with van der Waals surface area (Å²) in [5, 5.41) is 0. The van der Waals surface area contributed by atoms with Crippen molar-refractivity contribution >= 4 is 0 Å². The largest absolute Gasteiger partial charge is 0.472 e. The molecule has 2 aromatic rings. The molecule has 0 spiro atoms. The van der Waals surface area contributed by atoms with E-state index in [2.05, 4.69) is 6.07 Å². The van der Waals surface area contributed by atoms with Gasteiger partial charge >= 0.3 is 0 Å². The Bertz CT molecular complexity index is 379. The second-order valence-electron chi connectivity index (χ2n) is 2.92. The van der Waals surface area contributed by atoms with Gasteiger partial charge in [0, 0.05) is 12.1 Å². The van der Waals surface area contributed by atoms with Crippen LogP contribution in [-0.2, 0) is 6.54 Å². The Morgan fingerprint density at radius 1 is 1.15 bits per heavy atom. The summed E-state index contributed by atoms with van der Waals surface area (Å²) >= 11 is 0. The molecule has 2 rings (SSSR count). The van der Waals surface area contributed by atoms with E-state index >= 15 is 0 Å². The van der Waals surface area contributed by atoms with Gasteiger partial charge < -0.3 is 10.2 Å². The molecule has 0 unspecified atom stereocenters. The van der Waals surface area contributed by atoms with E-state index in [1.807, 2.05) is 24.3 Å². The molecule has 2 heteroatoms. The summed E-state index contributed by atoms with van der Waals surface area (Å²) in [6.07, 6.45) is 3.40. The fraction of sp³-hybridized carbons (Fsp3) is 0.0909. The maximum atomic E-state index is 5.55. The first-order valence-electron chi connectivity index (χ1n) is 4.22. The van der Waals surface area contributed by atoms with Gasteiger partial charge in [-0.05, 0) is 23.3 Å². The molecule has 0 atom stereocenters. The quantitative estimate of drug-likeness (QED) is 0.757. The van der Waals surface area contributed by atoms with Crippen molar-refractivity contribution in [2.75, 3.05) is 0 Å². The Labute approximate surface area is 77.0 Å². The SMILES string of the molecule is NCc1cccc(-c2ccoc2)c1. The third-order valence-electron chi connectivity index (χ3n) is 2.02. The monoisotopic (exact) mass is 173 g/mol. The Hall–Kier alpha value is -1.54. The zero-order chi connectivity index (χ0) is 9.10. The molecule has 1 aromatic carbocycles. The topological polar surface area (TPSA) is 39.2 Å². The highest BCUT2D eigenvalue weighted by Gasteiger charge is 1.98. The lowest BCUT2D eigenvalue weighted by atomic mass is 10.1. The van der Waals surface area contributed by atoms with E-state index in [4.69, 9.17) is 10.2 Å². The summed E-state index contributed by atoms with van der Waals surface area (Å²) in [5.41, 5.74) is 8.93. The van der Waals surface area contributed by atoms with Crippen LogP contribution in [0.4, 0.5) is 0 Å². The molecule has 0 amide bonds. The number of furan rings is 1. The molecule has 0 aliphatic carbocycles. The molecule has 0 fully saturated rings. The van der Waals surface area contributed by atoms with E-state index in [0.717, 1.165) is 16.7 Å². The van der Waals surface area contributed by atoms with Gasteiger partial charge in [-0.1, -0.05) is 18.2 Å². The minimum Gasteiger partial charge on any atom is -0.472 e. The second-order valence-corrected chi connectivity index (χ2v) is 2.92. The first-order valence-corrected chi connectivity index (χ1v) is 4.22. The van der Waals surface area contributed by atoms with Gasteiger partial charge in [0.1, 0.15) is 0 Å². The van der Waals surface area contributed by atoms with E-state index in [1.54, 1.807) is 12.5 Å². The van der Waals surface area contributed by atoms with Crippen LogP contribution in [-0.4, -0.2) is 0 Å². The highest BCUT2D eigenvalue weighted by Crippen LogP contribution is 2.20. The van der Waals surface area contributed by atoms with Crippen LogP contribution in [0, 0.1) is 0 Å². The Balaban J connectivity index is 2.41. The number of rotatable bonds is 2. The normalized spacial score (nSPS) is 10.2. The lowest BCUT2D eigenvalue weighted by Gasteiger charge is -1.99. The molecule has 1 aromatic heterocycles. The molecule has 0 radical (unpaired) electrons. The summed E-state index contributed by atoms with van der Waals surface area (Å²) in [6, 6.07) is 10.1. The summed E-state index contributed by atoms with van der Waals surface area (Å²) in [5.74, 6) is 0. The van der Waals surface area contributed by atoms with E-state index in [0.29, 0.717) is 6.54 Å². The predicted molar refractivity (Wildman–Crippen MR) is 52.0 cm³/mol. The van der Waals surface area contributed by atoms with Crippen molar-refractivity contribution in [2.24, 2.45) is 5.73 Å². The Kier molecular flexibility index (Phi) is 2.15. The fourth-order valence-corrected chi connectivity index (χ4v) is 1.31.